The summed E-state index contributed by atoms with van der Waals surface area (Å²) in [4.78, 5) is 22.4. The molecule has 0 saturated heterocycles. The van der Waals surface area contributed by atoms with Crippen molar-refractivity contribution in [2.24, 2.45) is 11.3 Å². The molecule has 1 aliphatic rings. The highest BCUT2D eigenvalue weighted by atomic mass is 16.5. The maximum atomic E-state index is 12.1. The molecule has 2 N–H and O–H groups in total. The second-order valence-electron chi connectivity index (χ2n) is 5.83. The summed E-state index contributed by atoms with van der Waals surface area (Å²) in [5.74, 6) is -0.681. The number of nitrogens with one attached hydrogen (secondary N) is 1. The monoisotopic (exact) mass is 271 g/mol. The number of amides is 1. The zero-order valence-electron chi connectivity index (χ0n) is 11.9. The van der Waals surface area contributed by atoms with Gasteiger partial charge in [-0.15, -0.1) is 0 Å². The molecule has 0 spiro atoms. The minimum Gasteiger partial charge on any atom is -0.481 e. The summed E-state index contributed by atoms with van der Waals surface area (Å²) in [5.41, 5.74) is 0.0759. The second-order valence-corrected chi connectivity index (χ2v) is 5.83. The molecule has 5 heteroatoms. The highest BCUT2D eigenvalue weighted by molar-refractivity contribution is 5.79. The molecule has 19 heavy (non-hydrogen) atoms. The van der Waals surface area contributed by atoms with E-state index in [1.807, 2.05) is 0 Å². The van der Waals surface area contributed by atoms with E-state index in [4.69, 9.17) is 9.84 Å². The van der Waals surface area contributed by atoms with Crippen molar-refractivity contribution in [3.8, 4) is 0 Å². The quantitative estimate of drug-likeness (QED) is 0.692. The first-order valence-corrected chi connectivity index (χ1v) is 7.01. The molecule has 1 unspecified atom stereocenters. The van der Waals surface area contributed by atoms with Crippen LogP contribution in [0.3, 0.4) is 0 Å². The summed E-state index contributed by atoms with van der Waals surface area (Å²) in [6.07, 6.45) is 4.38. The van der Waals surface area contributed by atoms with Gasteiger partial charge < -0.3 is 15.2 Å². The Bertz CT molecular complexity index is 315. The first kappa shape index (κ1) is 16.0. The molecule has 0 bridgehead atoms. The number of hydrogen-bond acceptors (Lipinski definition) is 3. The van der Waals surface area contributed by atoms with Crippen LogP contribution in [-0.2, 0) is 14.3 Å². The Hall–Kier alpha value is -1.10. The summed E-state index contributed by atoms with van der Waals surface area (Å²) in [7, 11) is 0. The molecule has 5 nitrogen and oxygen atoms in total. The van der Waals surface area contributed by atoms with Crippen molar-refractivity contribution >= 4 is 11.9 Å². The van der Waals surface area contributed by atoms with Crippen molar-refractivity contribution < 1.29 is 19.4 Å². The molecule has 0 heterocycles. The van der Waals surface area contributed by atoms with Crippen LogP contribution in [-0.4, -0.2) is 36.7 Å². The molecule has 1 aliphatic carbocycles. The lowest BCUT2D eigenvalue weighted by molar-refractivity contribution is -0.138. The third kappa shape index (κ3) is 5.59. The Morgan fingerprint density at radius 2 is 2.05 bits per heavy atom. The van der Waals surface area contributed by atoms with Crippen molar-refractivity contribution in [1.29, 1.82) is 0 Å². The van der Waals surface area contributed by atoms with E-state index < -0.39 is 5.97 Å². The Labute approximate surface area is 114 Å². The van der Waals surface area contributed by atoms with Crippen LogP contribution in [0, 0.1) is 11.3 Å². The van der Waals surface area contributed by atoms with Crippen LogP contribution in [0.15, 0.2) is 0 Å². The van der Waals surface area contributed by atoms with Crippen LogP contribution >= 0.6 is 0 Å². The SMILES string of the molecule is CC1(C)CCCCC1C(=O)NCCOCCC(=O)O. The minimum absolute atomic E-state index is 0.00357. The van der Waals surface area contributed by atoms with Gasteiger partial charge in [-0.3, -0.25) is 9.59 Å². The van der Waals surface area contributed by atoms with Crippen molar-refractivity contribution in [1.82, 2.24) is 5.32 Å². The summed E-state index contributed by atoms with van der Waals surface area (Å²) >= 11 is 0. The molecule has 1 fully saturated rings. The van der Waals surface area contributed by atoms with E-state index in [0.717, 1.165) is 19.3 Å². The predicted octanol–water partition coefficient (Wildman–Crippen LogP) is 1.81. The third-order valence-corrected chi connectivity index (χ3v) is 3.83. The highest BCUT2D eigenvalue weighted by Gasteiger charge is 2.36. The largest absolute Gasteiger partial charge is 0.481 e. The van der Waals surface area contributed by atoms with Gasteiger partial charge in [0.1, 0.15) is 0 Å². The van der Waals surface area contributed by atoms with Crippen molar-refractivity contribution in [2.75, 3.05) is 19.8 Å². The average molecular weight is 271 g/mol. The number of carbonyl (C=O) groups is 2. The highest BCUT2D eigenvalue weighted by Crippen LogP contribution is 2.40. The van der Waals surface area contributed by atoms with Crippen LogP contribution in [0.5, 0.6) is 0 Å². The molecule has 0 aromatic heterocycles. The summed E-state index contributed by atoms with van der Waals surface area (Å²) in [5, 5.41) is 11.3. The van der Waals surface area contributed by atoms with Crippen LogP contribution in [0.2, 0.25) is 0 Å². The standard InChI is InChI=1S/C14H25NO4/c1-14(2)7-4-3-5-11(14)13(18)15-8-10-19-9-6-12(16)17/h11H,3-10H2,1-2H3,(H,15,18)(H,16,17). The first-order valence-electron chi connectivity index (χ1n) is 7.01. The van der Waals surface area contributed by atoms with Gasteiger partial charge in [0.25, 0.3) is 0 Å². The Kier molecular flexibility index (Phi) is 6.28. The lowest BCUT2D eigenvalue weighted by Crippen LogP contribution is -2.42. The van der Waals surface area contributed by atoms with Gasteiger partial charge in [0.15, 0.2) is 0 Å². The summed E-state index contributed by atoms with van der Waals surface area (Å²) < 4.78 is 5.14. The van der Waals surface area contributed by atoms with Gasteiger partial charge >= 0.3 is 5.97 Å². The predicted molar refractivity (Wildman–Crippen MR) is 71.8 cm³/mol. The van der Waals surface area contributed by atoms with E-state index in [1.54, 1.807) is 0 Å². The van der Waals surface area contributed by atoms with Crippen LogP contribution < -0.4 is 5.32 Å². The number of carboxylic acids is 1. The van der Waals surface area contributed by atoms with Gasteiger partial charge in [0.05, 0.1) is 19.6 Å². The Balaban J connectivity index is 2.18. The van der Waals surface area contributed by atoms with E-state index >= 15 is 0 Å². The molecule has 0 aromatic rings. The molecule has 0 aliphatic heterocycles. The van der Waals surface area contributed by atoms with Gasteiger partial charge in [0.2, 0.25) is 5.91 Å². The lowest BCUT2D eigenvalue weighted by atomic mass is 9.68. The topological polar surface area (TPSA) is 75.6 Å². The number of ether oxygens (including phenoxy) is 1. The van der Waals surface area contributed by atoms with Crippen LogP contribution in [0.4, 0.5) is 0 Å². The molecular weight excluding hydrogens is 246 g/mol. The van der Waals surface area contributed by atoms with E-state index in [9.17, 15) is 9.59 Å². The van der Waals surface area contributed by atoms with Gasteiger partial charge in [-0.05, 0) is 18.3 Å². The number of aliphatic carboxylic acids is 1. The van der Waals surface area contributed by atoms with Crippen molar-refractivity contribution in [2.45, 2.75) is 46.0 Å². The van der Waals surface area contributed by atoms with Crippen molar-refractivity contribution in [3.63, 3.8) is 0 Å². The summed E-state index contributed by atoms with van der Waals surface area (Å²) in [6.45, 7) is 5.32. The molecular formula is C14H25NO4. The van der Waals surface area contributed by atoms with Gasteiger partial charge in [-0.25, -0.2) is 0 Å². The normalized spacial score (nSPS) is 21.9. The maximum Gasteiger partial charge on any atom is 0.305 e. The third-order valence-electron chi connectivity index (χ3n) is 3.83. The zero-order chi connectivity index (χ0) is 14.3. The van der Waals surface area contributed by atoms with E-state index in [1.165, 1.54) is 6.42 Å². The first-order chi connectivity index (χ1) is 8.93. The molecule has 1 saturated carbocycles. The smallest absolute Gasteiger partial charge is 0.305 e. The van der Waals surface area contributed by atoms with Crippen molar-refractivity contribution in [3.05, 3.63) is 0 Å². The molecule has 1 rings (SSSR count). The molecule has 1 atom stereocenters. The van der Waals surface area contributed by atoms with Crippen LogP contribution in [0.25, 0.3) is 0 Å². The molecule has 0 aromatic carbocycles. The van der Waals surface area contributed by atoms with Gasteiger partial charge in [-0.1, -0.05) is 26.7 Å². The average Bonchev–Trinajstić information content (AvgIpc) is 2.32. The molecule has 0 radical (unpaired) electrons. The molecule has 110 valence electrons. The number of carboxylic acid groups (broad SMARTS) is 1. The fraction of sp³-hybridized carbons (Fsp3) is 0.857. The van der Waals surface area contributed by atoms with E-state index in [0.29, 0.717) is 13.2 Å². The Morgan fingerprint density at radius 3 is 2.68 bits per heavy atom. The number of carbonyl (C=O) groups excluding carboxylic acids is 1. The van der Waals surface area contributed by atoms with Gasteiger partial charge in [-0.2, -0.15) is 0 Å². The lowest BCUT2D eigenvalue weighted by Gasteiger charge is -2.37. The fourth-order valence-corrected chi connectivity index (χ4v) is 2.61. The van der Waals surface area contributed by atoms with Crippen LogP contribution in [0.1, 0.15) is 46.0 Å². The zero-order valence-corrected chi connectivity index (χ0v) is 11.9. The fourth-order valence-electron chi connectivity index (χ4n) is 2.61. The maximum absolute atomic E-state index is 12.1. The van der Waals surface area contributed by atoms with E-state index in [2.05, 4.69) is 19.2 Å². The number of rotatable bonds is 7. The number of hydrogen-bond donors (Lipinski definition) is 2. The molecule has 1 amide bonds. The minimum atomic E-state index is -0.868. The van der Waals surface area contributed by atoms with Gasteiger partial charge in [0, 0.05) is 12.5 Å². The Morgan fingerprint density at radius 1 is 1.32 bits per heavy atom. The van der Waals surface area contributed by atoms with E-state index in [-0.39, 0.29) is 30.3 Å². The second kappa shape index (κ2) is 7.48. The summed E-state index contributed by atoms with van der Waals surface area (Å²) in [6, 6.07) is 0.